The minimum atomic E-state index is -3.92. The van der Waals surface area contributed by atoms with E-state index in [0.29, 0.717) is 37.1 Å². The first-order chi connectivity index (χ1) is 15.0. The summed E-state index contributed by atoms with van der Waals surface area (Å²) in [4.78, 5) is 60.4. The Balaban J connectivity index is 0.000000320. The maximum absolute atomic E-state index is 9.39. The first kappa shape index (κ1) is 27.6. The van der Waals surface area contributed by atoms with E-state index in [9.17, 15) is 10.2 Å². The third-order valence-corrected chi connectivity index (χ3v) is 5.98. The zero-order chi connectivity index (χ0) is 24.0. The monoisotopic (exact) mass is 482 g/mol. The van der Waals surface area contributed by atoms with E-state index in [1.807, 2.05) is 0 Å². The maximum atomic E-state index is 9.39. The van der Waals surface area contributed by atoms with Crippen molar-refractivity contribution in [1.29, 1.82) is 0 Å². The Morgan fingerprint density at radius 3 is 1.25 bits per heavy atom. The predicted octanol–water partition coefficient (Wildman–Crippen LogP) is 0.234. The van der Waals surface area contributed by atoms with Crippen LogP contribution in [-0.2, 0) is 0 Å². The minimum Gasteiger partial charge on any atom is -0.507 e. The van der Waals surface area contributed by atoms with Crippen molar-refractivity contribution in [2.24, 2.45) is 9.98 Å². The lowest BCUT2D eigenvalue weighted by molar-refractivity contribution is 0.225. The molecule has 10 nitrogen and oxygen atoms in total. The average Bonchev–Trinajstić information content (AvgIpc) is 2.69. The van der Waals surface area contributed by atoms with E-state index >= 15 is 0 Å². The number of hydrogen-bond acceptors (Lipinski definition) is 10. The Hall–Kier alpha value is -2.43. The Morgan fingerprint density at radius 1 is 0.594 bits per heavy atom. The van der Waals surface area contributed by atoms with Gasteiger partial charge >= 0.3 is 17.6 Å². The molecule has 32 heavy (non-hydrogen) atoms. The summed E-state index contributed by atoms with van der Waals surface area (Å²) >= 11 is 0. The molecule has 0 radical (unpaired) electrons. The Morgan fingerprint density at radius 2 is 0.938 bits per heavy atom. The molecule has 0 heterocycles. The Bertz CT molecular complexity index is 796. The molecule has 0 unspecified atom stereocenters. The van der Waals surface area contributed by atoms with E-state index in [-0.39, 0.29) is 23.6 Å². The van der Waals surface area contributed by atoms with E-state index in [0.717, 1.165) is 0 Å². The summed E-state index contributed by atoms with van der Waals surface area (Å²) < 4.78 is 0. The Labute approximate surface area is 188 Å². The van der Waals surface area contributed by atoms with Crippen LogP contribution in [0.1, 0.15) is 24.0 Å². The van der Waals surface area contributed by atoms with E-state index < -0.39 is 17.6 Å². The van der Waals surface area contributed by atoms with E-state index in [2.05, 4.69) is 9.98 Å². The van der Waals surface area contributed by atoms with Gasteiger partial charge in [-0.1, -0.05) is 24.3 Å². The molecule has 176 valence electrons. The van der Waals surface area contributed by atoms with Gasteiger partial charge in [0.15, 0.2) is 0 Å². The number of aliphatic imine (C=N–C) groups is 2. The Kier molecular flexibility index (Phi) is 12.0. The maximum Gasteiger partial charge on any atom is 0.492 e. The first-order valence-electron chi connectivity index (χ1n) is 9.88. The van der Waals surface area contributed by atoms with Crippen LogP contribution in [0.3, 0.4) is 0 Å². The molecule has 2 rings (SSSR count). The highest BCUT2D eigenvalue weighted by Crippen LogP contribution is 2.13. The molecule has 0 spiro atoms. The molecule has 0 aliphatic rings. The van der Waals surface area contributed by atoms with Gasteiger partial charge in [-0.15, -0.1) is 0 Å². The third-order valence-electron chi connectivity index (χ3n) is 3.93. The van der Waals surface area contributed by atoms with Crippen LogP contribution in [0.25, 0.3) is 0 Å². The van der Waals surface area contributed by atoms with Crippen molar-refractivity contribution >= 4 is 30.0 Å². The number of phenols is 2. The minimum absolute atomic E-state index is 0.0227. The summed E-state index contributed by atoms with van der Waals surface area (Å²) in [6.07, 6.45) is 3.84. The standard InChI is InChI=1S/2C10H15NO4Si/c2*12-10-5-2-1-4-9(10)8-11-6-3-7-16(13,14)15/h2*1-2,4-5,8,12-15H,3,6-7H2. The molecule has 0 bridgehead atoms. The zero-order valence-corrected chi connectivity index (χ0v) is 19.5. The molecule has 0 saturated heterocycles. The summed E-state index contributed by atoms with van der Waals surface area (Å²) in [5.74, 6) is 0.308. The molecular weight excluding hydrogens is 452 g/mol. The van der Waals surface area contributed by atoms with Crippen LogP contribution in [-0.4, -0.2) is 82.1 Å². The van der Waals surface area contributed by atoms with Crippen molar-refractivity contribution in [3.8, 4) is 11.5 Å². The molecule has 2 aromatic carbocycles. The topological polar surface area (TPSA) is 187 Å². The lowest BCUT2D eigenvalue weighted by atomic mass is 10.2. The van der Waals surface area contributed by atoms with Gasteiger partial charge in [-0.25, -0.2) is 0 Å². The van der Waals surface area contributed by atoms with Gasteiger partial charge in [0.1, 0.15) is 11.5 Å². The van der Waals surface area contributed by atoms with Crippen LogP contribution in [0.15, 0.2) is 58.5 Å². The average molecular weight is 483 g/mol. The number of aromatic hydroxyl groups is 2. The third kappa shape index (κ3) is 13.8. The number of benzene rings is 2. The number of hydrogen-bond donors (Lipinski definition) is 8. The fourth-order valence-electron chi connectivity index (χ4n) is 2.33. The van der Waals surface area contributed by atoms with Gasteiger partial charge in [-0.05, 0) is 37.1 Å². The van der Waals surface area contributed by atoms with Gasteiger partial charge in [-0.3, -0.25) is 9.98 Å². The molecule has 2 aromatic rings. The molecule has 0 aliphatic carbocycles. The van der Waals surface area contributed by atoms with Crippen molar-refractivity contribution in [2.75, 3.05) is 13.1 Å². The van der Waals surface area contributed by atoms with Gasteiger partial charge in [0.05, 0.1) is 0 Å². The second-order valence-electron chi connectivity index (χ2n) is 6.94. The smallest absolute Gasteiger partial charge is 0.492 e. The summed E-state index contributed by atoms with van der Waals surface area (Å²) in [6.45, 7) is 0.759. The summed E-state index contributed by atoms with van der Waals surface area (Å²) in [6, 6.07) is 13.5. The van der Waals surface area contributed by atoms with Crippen LogP contribution in [0.4, 0.5) is 0 Å². The van der Waals surface area contributed by atoms with Gasteiger partial charge in [0.2, 0.25) is 0 Å². The van der Waals surface area contributed by atoms with Crippen molar-refractivity contribution in [3.63, 3.8) is 0 Å². The fourth-order valence-corrected chi connectivity index (χ4v) is 3.60. The lowest BCUT2D eigenvalue weighted by Crippen LogP contribution is -2.34. The highest BCUT2D eigenvalue weighted by Gasteiger charge is 2.25. The van der Waals surface area contributed by atoms with Crippen LogP contribution in [0, 0.1) is 0 Å². The molecule has 0 aromatic heterocycles. The quantitative estimate of drug-likeness (QED) is 0.134. The van der Waals surface area contributed by atoms with Crippen molar-refractivity contribution in [1.82, 2.24) is 0 Å². The van der Waals surface area contributed by atoms with Gasteiger partial charge < -0.3 is 39.0 Å². The zero-order valence-electron chi connectivity index (χ0n) is 17.5. The second-order valence-corrected chi connectivity index (χ2v) is 11.0. The number of phenolic OH excluding ortho intramolecular Hbond substituents is 2. The molecule has 0 fully saturated rings. The molecule has 0 atom stereocenters. The normalized spacial score (nSPS) is 12.2. The molecule has 0 saturated carbocycles. The van der Waals surface area contributed by atoms with Crippen molar-refractivity contribution in [2.45, 2.75) is 24.9 Å². The van der Waals surface area contributed by atoms with Crippen LogP contribution in [0.2, 0.25) is 12.1 Å². The number of nitrogens with zero attached hydrogens (tertiary/aromatic N) is 2. The highest BCUT2D eigenvalue weighted by atomic mass is 28.4. The van der Waals surface area contributed by atoms with Gasteiger partial charge in [0.25, 0.3) is 0 Å². The van der Waals surface area contributed by atoms with Crippen LogP contribution >= 0.6 is 0 Å². The molecule has 8 N–H and O–H groups in total. The molecule has 0 aliphatic heterocycles. The molecular formula is C20H30N2O8Si2. The van der Waals surface area contributed by atoms with Crippen molar-refractivity contribution in [3.05, 3.63) is 59.7 Å². The number of rotatable bonds is 10. The van der Waals surface area contributed by atoms with Crippen LogP contribution < -0.4 is 0 Å². The second kappa shape index (κ2) is 13.9. The summed E-state index contributed by atoms with van der Waals surface area (Å²) in [7, 11) is -7.84. The highest BCUT2D eigenvalue weighted by molar-refractivity contribution is 6.56. The first-order valence-corrected chi connectivity index (χ1v) is 14.0. The van der Waals surface area contributed by atoms with Crippen molar-refractivity contribution < 1.29 is 39.0 Å². The molecule has 12 heteroatoms. The van der Waals surface area contributed by atoms with E-state index in [1.165, 1.54) is 12.4 Å². The summed E-state index contributed by atoms with van der Waals surface area (Å²) in [5.41, 5.74) is 1.23. The largest absolute Gasteiger partial charge is 0.507 e. The predicted molar refractivity (Wildman–Crippen MR) is 125 cm³/mol. The van der Waals surface area contributed by atoms with Crippen LogP contribution in [0.5, 0.6) is 11.5 Å². The molecule has 0 amide bonds. The summed E-state index contributed by atoms with van der Waals surface area (Å²) in [5, 5.41) is 18.8. The number of para-hydroxylation sites is 2. The van der Waals surface area contributed by atoms with E-state index in [1.54, 1.807) is 48.5 Å². The van der Waals surface area contributed by atoms with E-state index in [4.69, 9.17) is 28.8 Å². The SMILES string of the molecule is Oc1ccccc1C=NCCC[Si](O)(O)O.Oc1ccccc1C=NCCC[Si](O)(O)O. The lowest BCUT2D eigenvalue weighted by Gasteiger charge is -2.06. The fraction of sp³-hybridized carbons (Fsp3) is 0.300. The van der Waals surface area contributed by atoms with Gasteiger partial charge in [0, 0.05) is 48.7 Å². The van der Waals surface area contributed by atoms with Gasteiger partial charge in [-0.2, -0.15) is 0 Å².